The highest BCUT2D eigenvalue weighted by Gasteiger charge is 2.38. The number of carboxylic acids is 1. The number of unbranched alkanes of at least 4 members (excludes halogenated alkanes) is 4. The molecule has 0 amide bonds. The zero-order chi connectivity index (χ0) is 14.3. The van der Waals surface area contributed by atoms with Crippen LogP contribution in [0.1, 0.15) is 72.1 Å². The van der Waals surface area contributed by atoms with Crippen molar-refractivity contribution in [2.24, 2.45) is 5.41 Å². The van der Waals surface area contributed by atoms with Crippen molar-refractivity contribution in [3.05, 3.63) is 0 Å². The monoisotopic (exact) mass is 269 g/mol. The van der Waals surface area contributed by atoms with Gasteiger partial charge in [-0.05, 0) is 39.7 Å². The zero-order valence-electron chi connectivity index (χ0n) is 13.0. The fraction of sp³-hybridized carbons (Fsp3) is 0.938. The van der Waals surface area contributed by atoms with Gasteiger partial charge in [-0.2, -0.15) is 0 Å². The molecule has 1 fully saturated rings. The molecule has 1 N–H and O–H groups in total. The lowest BCUT2D eigenvalue weighted by atomic mass is 9.81. The highest BCUT2D eigenvalue weighted by molar-refractivity contribution is 5.74. The van der Waals surface area contributed by atoms with E-state index in [9.17, 15) is 9.90 Å². The van der Waals surface area contributed by atoms with Crippen molar-refractivity contribution in [1.29, 1.82) is 0 Å². The number of nitrogens with zero attached hydrogens (tertiary/aromatic N) is 1. The second-order valence-electron chi connectivity index (χ2n) is 6.49. The smallest absolute Gasteiger partial charge is 0.310 e. The lowest BCUT2D eigenvalue weighted by Crippen LogP contribution is -2.49. The second kappa shape index (κ2) is 7.88. The van der Waals surface area contributed by atoms with Crippen molar-refractivity contribution in [3.8, 4) is 0 Å². The van der Waals surface area contributed by atoms with E-state index in [-0.39, 0.29) is 0 Å². The van der Waals surface area contributed by atoms with Crippen molar-refractivity contribution in [2.75, 3.05) is 13.1 Å². The number of hydrogen-bond acceptors (Lipinski definition) is 2. The van der Waals surface area contributed by atoms with Gasteiger partial charge in [0.15, 0.2) is 0 Å². The van der Waals surface area contributed by atoms with E-state index in [1.165, 1.54) is 38.5 Å². The van der Waals surface area contributed by atoms with Crippen molar-refractivity contribution >= 4 is 5.97 Å². The molecule has 1 rings (SSSR count). The van der Waals surface area contributed by atoms with E-state index in [1.807, 2.05) is 6.92 Å². The molecule has 1 aliphatic heterocycles. The first-order valence-electron chi connectivity index (χ1n) is 7.97. The number of likely N-dealkylation sites (tertiary alicyclic amines) is 1. The van der Waals surface area contributed by atoms with Gasteiger partial charge >= 0.3 is 5.97 Å². The maximum atomic E-state index is 11.3. The Morgan fingerprint density at radius 2 is 2.00 bits per heavy atom. The lowest BCUT2D eigenvalue weighted by Gasteiger charge is -2.40. The molecule has 0 radical (unpaired) electrons. The summed E-state index contributed by atoms with van der Waals surface area (Å²) in [4.78, 5) is 13.7. The number of hydrogen-bond donors (Lipinski definition) is 1. The summed E-state index contributed by atoms with van der Waals surface area (Å²) in [6.07, 6.45) is 9.62. The van der Waals surface area contributed by atoms with Gasteiger partial charge in [-0.3, -0.25) is 9.69 Å². The van der Waals surface area contributed by atoms with Crippen LogP contribution in [0.2, 0.25) is 0 Å². The van der Waals surface area contributed by atoms with Crippen LogP contribution in [0.3, 0.4) is 0 Å². The molecule has 0 spiro atoms. The molecule has 0 aromatic rings. The molecule has 1 saturated heterocycles. The van der Waals surface area contributed by atoms with Crippen LogP contribution >= 0.6 is 0 Å². The maximum absolute atomic E-state index is 11.3. The minimum Gasteiger partial charge on any atom is -0.481 e. The predicted molar refractivity (Wildman–Crippen MR) is 79.4 cm³/mol. The molecule has 112 valence electrons. The number of piperidine rings is 1. The van der Waals surface area contributed by atoms with Gasteiger partial charge in [0.1, 0.15) is 0 Å². The third kappa shape index (κ3) is 5.13. The average Bonchev–Trinajstić information content (AvgIpc) is 2.38. The Kier molecular flexibility index (Phi) is 6.84. The standard InChI is InChI=1S/C16H31NO2/c1-4-5-6-7-8-10-14(2)17-12-9-11-16(3,13-17)15(18)19/h14H,4-13H2,1-3H3,(H,18,19). The first-order valence-corrected chi connectivity index (χ1v) is 7.97. The van der Waals surface area contributed by atoms with Crippen LogP contribution in [0.15, 0.2) is 0 Å². The molecule has 0 aromatic heterocycles. The highest BCUT2D eigenvalue weighted by atomic mass is 16.4. The van der Waals surface area contributed by atoms with Gasteiger partial charge < -0.3 is 5.11 Å². The van der Waals surface area contributed by atoms with Crippen LogP contribution in [0.25, 0.3) is 0 Å². The first-order chi connectivity index (χ1) is 8.99. The Morgan fingerprint density at radius 1 is 1.32 bits per heavy atom. The molecule has 2 unspecified atom stereocenters. The Morgan fingerprint density at radius 3 is 2.63 bits per heavy atom. The van der Waals surface area contributed by atoms with Gasteiger partial charge in [0.05, 0.1) is 5.41 Å². The summed E-state index contributed by atoms with van der Waals surface area (Å²) < 4.78 is 0. The van der Waals surface area contributed by atoms with E-state index >= 15 is 0 Å². The van der Waals surface area contributed by atoms with Gasteiger partial charge in [0.2, 0.25) is 0 Å². The summed E-state index contributed by atoms with van der Waals surface area (Å²) in [6.45, 7) is 8.18. The SMILES string of the molecule is CCCCCCCC(C)N1CCCC(C)(C(=O)O)C1. The fourth-order valence-electron chi connectivity index (χ4n) is 3.06. The third-order valence-corrected chi connectivity index (χ3v) is 4.59. The largest absolute Gasteiger partial charge is 0.481 e. The zero-order valence-corrected chi connectivity index (χ0v) is 13.0. The molecular formula is C16H31NO2. The minimum absolute atomic E-state index is 0.528. The molecule has 3 heteroatoms. The number of carboxylic acid groups (broad SMARTS) is 1. The highest BCUT2D eigenvalue weighted by Crippen LogP contribution is 2.31. The topological polar surface area (TPSA) is 40.5 Å². The molecule has 0 aliphatic carbocycles. The molecule has 1 aliphatic rings. The maximum Gasteiger partial charge on any atom is 0.310 e. The predicted octanol–water partition coefficient (Wildman–Crippen LogP) is 3.92. The number of aliphatic carboxylic acids is 1. The molecule has 19 heavy (non-hydrogen) atoms. The van der Waals surface area contributed by atoms with E-state index in [2.05, 4.69) is 18.7 Å². The van der Waals surface area contributed by atoms with E-state index < -0.39 is 11.4 Å². The van der Waals surface area contributed by atoms with Crippen LogP contribution in [-0.4, -0.2) is 35.1 Å². The molecule has 1 heterocycles. The summed E-state index contributed by atoms with van der Waals surface area (Å²) in [6, 6.07) is 0.528. The first kappa shape index (κ1) is 16.5. The summed E-state index contributed by atoms with van der Waals surface area (Å²) in [7, 11) is 0. The van der Waals surface area contributed by atoms with Gasteiger partial charge in [-0.15, -0.1) is 0 Å². The van der Waals surface area contributed by atoms with Gasteiger partial charge in [-0.25, -0.2) is 0 Å². The van der Waals surface area contributed by atoms with Crippen molar-refractivity contribution in [2.45, 2.75) is 78.2 Å². The summed E-state index contributed by atoms with van der Waals surface area (Å²) in [5, 5.41) is 9.34. The van der Waals surface area contributed by atoms with Crippen LogP contribution in [-0.2, 0) is 4.79 Å². The molecule has 3 nitrogen and oxygen atoms in total. The van der Waals surface area contributed by atoms with Crippen molar-refractivity contribution in [3.63, 3.8) is 0 Å². The lowest BCUT2D eigenvalue weighted by molar-refractivity contribution is -0.151. The molecule has 0 aromatic carbocycles. The van der Waals surface area contributed by atoms with E-state index in [1.54, 1.807) is 0 Å². The third-order valence-electron chi connectivity index (χ3n) is 4.59. The van der Waals surface area contributed by atoms with Crippen LogP contribution in [0.4, 0.5) is 0 Å². The number of rotatable bonds is 8. The molecule has 0 bridgehead atoms. The Balaban J connectivity index is 2.32. The summed E-state index contributed by atoms with van der Waals surface area (Å²) in [5.74, 6) is -0.632. The fourth-order valence-corrected chi connectivity index (χ4v) is 3.06. The Labute approximate surface area is 118 Å². The Bertz CT molecular complexity index is 280. The molecule has 2 atom stereocenters. The average molecular weight is 269 g/mol. The van der Waals surface area contributed by atoms with Crippen LogP contribution in [0.5, 0.6) is 0 Å². The van der Waals surface area contributed by atoms with Gasteiger partial charge in [0, 0.05) is 12.6 Å². The molecule has 0 saturated carbocycles. The van der Waals surface area contributed by atoms with E-state index in [0.29, 0.717) is 6.04 Å². The van der Waals surface area contributed by atoms with Crippen molar-refractivity contribution in [1.82, 2.24) is 4.90 Å². The van der Waals surface area contributed by atoms with Crippen LogP contribution < -0.4 is 0 Å². The van der Waals surface area contributed by atoms with E-state index in [0.717, 1.165) is 25.9 Å². The summed E-state index contributed by atoms with van der Waals surface area (Å²) >= 11 is 0. The molecular weight excluding hydrogens is 238 g/mol. The number of carbonyl (C=O) groups is 1. The van der Waals surface area contributed by atoms with Gasteiger partial charge in [0.25, 0.3) is 0 Å². The van der Waals surface area contributed by atoms with Crippen molar-refractivity contribution < 1.29 is 9.90 Å². The minimum atomic E-state index is -0.632. The normalized spacial score (nSPS) is 26.3. The second-order valence-corrected chi connectivity index (χ2v) is 6.49. The quantitative estimate of drug-likeness (QED) is 0.679. The Hall–Kier alpha value is -0.570. The van der Waals surface area contributed by atoms with Gasteiger partial charge in [-0.1, -0.05) is 39.0 Å². The van der Waals surface area contributed by atoms with Crippen LogP contribution in [0, 0.1) is 5.41 Å². The summed E-state index contributed by atoms with van der Waals surface area (Å²) in [5.41, 5.74) is -0.533. The van der Waals surface area contributed by atoms with E-state index in [4.69, 9.17) is 0 Å².